The SMILES string of the molecule is O=c1ccn([C@@H]2OC[C@@H](O)[C@@]3(OCc4cc(CCCCl)cc(-c5ccccc5)c43)[C@H]2O)c(=O)[nH]1. The molecule has 178 valence electrons. The molecule has 1 spiro atoms. The predicted octanol–water partition coefficient (Wildman–Crippen LogP) is 2.05. The Morgan fingerprint density at radius 1 is 1.15 bits per heavy atom. The van der Waals surface area contributed by atoms with Crippen molar-refractivity contribution in [1.82, 2.24) is 9.55 Å². The number of aromatic amines is 1. The van der Waals surface area contributed by atoms with Gasteiger partial charge in [0.2, 0.25) is 0 Å². The number of rotatable bonds is 5. The van der Waals surface area contributed by atoms with E-state index in [2.05, 4.69) is 4.98 Å². The predicted molar refractivity (Wildman–Crippen MR) is 126 cm³/mol. The third kappa shape index (κ3) is 3.72. The number of aromatic nitrogens is 2. The lowest BCUT2D eigenvalue weighted by atomic mass is 9.76. The molecule has 34 heavy (non-hydrogen) atoms. The Labute approximate surface area is 200 Å². The van der Waals surface area contributed by atoms with E-state index in [9.17, 15) is 19.8 Å². The van der Waals surface area contributed by atoms with Crippen LogP contribution in [-0.4, -0.2) is 44.5 Å². The first-order valence-electron chi connectivity index (χ1n) is 11.2. The third-order valence-corrected chi connectivity index (χ3v) is 6.84. The number of benzene rings is 2. The summed E-state index contributed by atoms with van der Waals surface area (Å²) in [6.07, 6.45) is -0.918. The normalized spacial score (nSPS) is 26.0. The van der Waals surface area contributed by atoms with E-state index in [1.165, 1.54) is 12.3 Å². The van der Waals surface area contributed by atoms with Crippen LogP contribution in [0, 0.1) is 0 Å². The number of aliphatic hydroxyl groups is 2. The summed E-state index contributed by atoms with van der Waals surface area (Å²) in [6, 6.07) is 15.0. The monoisotopic (exact) mass is 484 g/mol. The summed E-state index contributed by atoms with van der Waals surface area (Å²) in [7, 11) is 0. The van der Waals surface area contributed by atoms with E-state index < -0.39 is 35.3 Å². The molecule has 2 aliphatic heterocycles. The molecule has 0 bridgehead atoms. The zero-order chi connectivity index (χ0) is 23.9. The van der Waals surface area contributed by atoms with Gasteiger partial charge in [-0.1, -0.05) is 42.5 Å². The summed E-state index contributed by atoms with van der Waals surface area (Å²) in [6.45, 7) is 0.0141. The van der Waals surface area contributed by atoms with Crippen molar-refractivity contribution >= 4 is 11.6 Å². The number of hydrogen-bond acceptors (Lipinski definition) is 6. The summed E-state index contributed by atoms with van der Waals surface area (Å²) < 4.78 is 13.0. The van der Waals surface area contributed by atoms with Crippen LogP contribution in [0.15, 0.2) is 64.3 Å². The number of aliphatic hydroxyl groups excluding tert-OH is 2. The van der Waals surface area contributed by atoms with E-state index in [0.29, 0.717) is 11.4 Å². The van der Waals surface area contributed by atoms with Gasteiger partial charge in [0, 0.05) is 23.7 Å². The minimum Gasteiger partial charge on any atom is -0.387 e. The van der Waals surface area contributed by atoms with Gasteiger partial charge < -0.3 is 19.7 Å². The van der Waals surface area contributed by atoms with Gasteiger partial charge in [0.25, 0.3) is 5.56 Å². The van der Waals surface area contributed by atoms with Crippen LogP contribution in [0.2, 0.25) is 0 Å². The van der Waals surface area contributed by atoms with Crippen molar-refractivity contribution in [3.8, 4) is 11.1 Å². The molecule has 8 nitrogen and oxygen atoms in total. The fraction of sp³-hybridized carbons (Fsp3) is 0.360. The van der Waals surface area contributed by atoms with Gasteiger partial charge in [0.05, 0.1) is 13.2 Å². The van der Waals surface area contributed by atoms with Crippen molar-refractivity contribution in [2.24, 2.45) is 0 Å². The highest BCUT2D eigenvalue weighted by molar-refractivity contribution is 6.17. The number of hydrogen-bond donors (Lipinski definition) is 3. The van der Waals surface area contributed by atoms with Crippen LogP contribution in [0.25, 0.3) is 11.1 Å². The number of ether oxygens (including phenoxy) is 2. The van der Waals surface area contributed by atoms with Gasteiger partial charge in [0.1, 0.15) is 12.2 Å². The summed E-state index contributed by atoms with van der Waals surface area (Å²) in [5.74, 6) is 0.544. The number of nitrogens with zero attached hydrogens (tertiary/aromatic N) is 1. The molecular formula is C25H25ClN2O6. The van der Waals surface area contributed by atoms with E-state index in [4.69, 9.17) is 21.1 Å². The first-order chi connectivity index (χ1) is 16.5. The molecule has 1 aromatic heterocycles. The third-order valence-electron chi connectivity index (χ3n) is 6.58. The molecule has 0 unspecified atom stereocenters. The molecule has 4 atom stereocenters. The summed E-state index contributed by atoms with van der Waals surface area (Å²) >= 11 is 5.92. The molecule has 1 saturated heterocycles. The maximum Gasteiger partial charge on any atom is 0.330 e. The van der Waals surface area contributed by atoms with Crippen molar-refractivity contribution in [3.05, 3.63) is 92.3 Å². The Balaban J connectivity index is 1.68. The largest absolute Gasteiger partial charge is 0.387 e. The highest BCUT2D eigenvalue weighted by Crippen LogP contribution is 2.51. The molecule has 1 fully saturated rings. The first-order valence-corrected chi connectivity index (χ1v) is 11.7. The standard InChI is InChI=1S/C25H25ClN2O6/c26-9-4-5-15-11-17-13-34-25(21(17)18(12-15)16-6-2-1-3-7-16)19(29)14-33-23(22(25)31)28-10-8-20(30)27-24(28)32/h1-3,6-8,10-12,19,22-23,29,31H,4-5,9,13-14H2,(H,27,30,32)/t19-,22+,23-,25+/m1/s1. The average Bonchev–Trinajstić information content (AvgIpc) is 3.23. The second-order valence-electron chi connectivity index (χ2n) is 8.62. The molecule has 2 aliphatic rings. The maximum absolute atomic E-state index is 12.5. The second-order valence-corrected chi connectivity index (χ2v) is 9.00. The van der Waals surface area contributed by atoms with Crippen molar-refractivity contribution in [1.29, 1.82) is 0 Å². The summed E-state index contributed by atoms with van der Waals surface area (Å²) in [5.41, 5.74) is 1.58. The van der Waals surface area contributed by atoms with E-state index in [1.54, 1.807) is 0 Å². The van der Waals surface area contributed by atoms with Crippen molar-refractivity contribution in [2.45, 2.75) is 43.5 Å². The van der Waals surface area contributed by atoms with E-state index in [1.807, 2.05) is 42.5 Å². The van der Waals surface area contributed by atoms with E-state index >= 15 is 0 Å². The number of nitrogens with one attached hydrogen (secondary N) is 1. The molecule has 2 aromatic carbocycles. The second kappa shape index (κ2) is 9.13. The lowest BCUT2D eigenvalue weighted by molar-refractivity contribution is -0.279. The molecule has 0 aliphatic carbocycles. The zero-order valence-corrected chi connectivity index (χ0v) is 19.1. The van der Waals surface area contributed by atoms with Gasteiger partial charge in [-0.2, -0.15) is 0 Å². The smallest absolute Gasteiger partial charge is 0.330 e. The summed E-state index contributed by atoms with van der Waals surface area (Å²) in [5, 5.41) is 22.8. The van der Waals surface area contributed by atoms with Crippen LogP contribution < -0.4 is 11.2 Å². The number of aryl methyl sites for hydroxylation is 1. The van der Waals surface area contributed by atoms with Crippen LogP contribution in [-0.2, 0) is 28.1 Å². The van der Waals surface area contributed by atoms with Gasteiger partial charge in [-0.15, -0.1) is 11.6 Å². The van der Waals surface area contributed by atoms with E-state index in [0.717, 1.165) is 39.7 Å². The fourth-order valence-corrected chi connectivity index (χ4v) is 5.18. The fourth-order valence-electron chi connectivity index (χ4n) is 5.04. The van der Waals surface area contributed by atoms with Crippen LogP contribution in [0.5, 0.6) is 0 Å². The highest BCUT2D eigenvalue weighted by Gasteiger charge is 2.59. The molecule has 0 radical (unpaired) electrons. The lowest BCUT2D eigenvalue weighted by Gasteiger charge is -2.46. The van der Waals surface area contributed by atoms with Gasteiger partial charge in [-0.05, 0) is 35.1 Å². The summed E-state index contributed by atoms with van der Waals surface area (Å²) in [4.78, 5) is 26.2. The van der Waals surface area contributed by atoms with Gasteiger partial charge in [-0.3, -0.25) is 14.3 Å². The lowest BCUT2D eigenvalue weighted by Crippen LogP contribution is -2.60. The van der Waals surface area contributed by atoms with Crippen LogP contribution in [0.3, 0.4) is 0 Å². The molecule has 0 saturated carbocycles. The molecule has 5 rings (SSSR count). The van der Waals surface area contributed by atoms with Crippen LogP contribution >= 0.6 is 11.6 Å². The van der Waals surface area contributed by atoms with Gasteiger partial charge in [0.15, 0.2) is 11.8 Å². The van der Waals surface area contributed by atoms with Crippen molar-refractivity contribution in [3.63, 3.8) is 0 Å². The maximum atomic E-state index is 12.5. The quantitative estimate of drug-likeness (QED) is 0.478. The Morgan fingerprint density at radius 3 is 2.68 bits per heavy atom. The number of H-pyrrole nitrogens is 1. The molecule has 9 heteroatoms. The minimum absolute atomic E-state index is 0.172. The molecule has 3 heterocycles. The number of alkyl halides is 1. The Hall–Kier alpha value is -2.75. The molecule has 0 amide bonds. The zero-order valence-electron chi connectivity index (χ0n) is 18.3. The van der Waals surface area contributed by atoms with Gasteiger partial charge >= 0.3 is 5.69 Å². The number of halogens is 1. The van der Waals surface area contributed by atoms with E-state index in [-0.39, 0.29) is 13.2 Å². The van der Waals surface area contributed by atoms with Crippen LogP contribution in [0.4, 0.5) is 0 Å². The van der Waals surface area contributed by atoms with Crippen molar-refractivity contribution < 1.29 is 19.7 Å². The van der Waals surface area contributed by atoms with Gasteiger partial charge in [-0.25, -0.2) is 4.79 Å². The molecule has 3 aromatic rings. The Bertz CT molecular complexity index is 1310. The number of fused-ring (bicyclic) bond motifs is 2. The Morgan fingerprint density at radius 2 is 1.94 bits per heavy atom. The average molecular weight is 485 g/mol. The first kappa shape index (κ1) is 23.0. The van der Waals surface area contributed by atoms with Crippen molar-refractivity contribution in [2.75, 3.05) is 12.5 Å². The minimum atomic E-state index is -1.52. The van der Waals surface area contributed by atoms with Crippen LogP contribution in [0.1, 0.15) is 29.3 Å². The molecular weight excluding hydrogens is 460 g/mol. The Kier molecular flexibility index (Phi) is 6.18. The topological polar surface area (TPSA) is 114 Å². The molecule has 3 N–H and O–H groups in total. The highest BCUT2D eigenvalue weighted by atomic mass is 35.5.